The van der Waals surface area contributed by atoms with Crippen LogP contribution in [-0.4, -0.2) is 13.2 Å². The van der Waals surface area contributed by atoms with E-state index in [9.17, 15) is 0 Å². The molecule has 0 radical (unpaired) electrons. The minimum absolute atomic E-state index is 0.200. The largest absolute Gasteiger partial charge is 0.497 e. The molecule has 106 valence electrons. The van der Waals surface area contributed by atoms with Gasteiger partial charge in [-0.05, 0) is 55.8 Å². The van der Waals surface area contributed by atoms with E-state index in [0.29, 0.717) is 0 Å². The van der Waals surface area contributed by atoms with E-state index in [1.807, 2.05) is 56.3 Å². The molecule has 3 nitrogen and oxygen atoms in total. The Morgan fingerprint density at radius 2 is 1.75 bits per heavy atom. The van der Waals surface area contributed by atoms with Crippen LogP contribution >= 0.6 is 0 Å². The van der Waals surface area contributed by atoms with Gasteiger partial charge in [0.05, 0.1) is 13.2 Å². The van der Waals surface area contributed by atoms with Crippen molar-refractivity contribution in [2.75, 3.05) is 12.4 Å². The van der Waals surface area contributed by atoms with E-state index >= 15 is 0 Å². The number of nitrogens with one attached hydrogen (secondary N) is 1. The maximum absolute atomic E-state index is 5.62. The monoisotopic (exact) mass is 271 g/mol. The van der Waals surface area contributed by atoms with Crippen molar-refractivity contribution < 1.29 is 9.47 Å². The highest BCUT2D eigenvalue weighted by Gasteiger charge is 1.99. The number of hydrogen-bond acceptors (Lipinski definition) is 3. The molecule has 0 heterocycles. The molecule has 2 aromatic carbocycles. The first kappa shape index (κ1) is 14.3. The fourth-order valence-corrected chi connectivity index (χ4v) is 1.91. The predicted octanol–water partition coefficient (Wildman–Crippen LogP) is 4.09. The van der Waals surface area contributed by atoms with E-state index in [1.165, 1.54) is 5.56 Å². The average molecular weight is 271 g/mol. The zero-order valence-corrected chi connectivity index (χ0v) is 12.2. The van der Waals surface area contributed by atoms with E-state index in [1.54, 1.807) is 7.11 Å². The van der Waals surface area contributed by atoms with Crippen LogP contribution in [0.1, 0.15) is 19.4 Å². The first-order valence-corrected chi connectivity index (χ1v) is 6.81. The van der Waals surface area contributed by atoms with E-state index in [-0.39, 0.29) is 6.10 Å². The molecule has 0 bridgehead atoms. The third-order valence-corrected chi connectivity index (χ3v) is 2.86. The Balaban J connectivity index is 1.93. The van der Waals surface area contributed by atoms with Gasteiger partial charge in [-0.2, -0.15) is 0 Å². The van der Waals surface area contributed by atoms with Crippen molar-refractivity contribution in [2.45, 2.75) is 26.5 Å². The number of methoxy groups -OCH3 is 1. The molecule has 0 amide bonds. The third kappa shape index (κ3) is 4.19. The third-order valence-electron chi connectivity index (χ3n) is 2.86. The molecule has 20 heavy (non-hydrogen) atoms. The summed E-state index contributed by atoms with van der Waals surface area (Å²) < 4.78 is 10.8. The summed E-state index contributed by atoms with van der Waals surface area (Å²) in [5, 5.41) is 3.38. The molecule has 0 unspecified atom stereocenters. The fourth-order valence-electron chi connectivity index (χ4n) is 1.91. The van der Waals surface area contributed by atoms with Gasteiger partial charge in [-0.15, -0.1) is 0 Å². The van der Waals surface area contributed by atoms with Crippen LogP contribution in [-0.2, 0) is 6.54 Å². The normalized spacial score (nSPS) is 10.4. The van der Waals surface area contributed by atoms with Crippen molar-refractivity contribution in [1.29, 1.82) is 0 Å². The second-order valence-electron chi connectivity index (χ2n) is 4.90. The van der Waals surface area contributed by atoms with Crippen molar-refractivity contribution in [3.05, 3.63) is 54.1 Å². The van der Waals surface area contributed by atoms with Crippen LogP contribution in [0.25, 0.3) is 0 Å². The molecule has 2 aromatic rings. The van der Waals surface area contributed by atoms with Gasteiger partial charge in [0.15, 0.2) is 0 Å². The van der Waals surface area contributed by atoms with Crippen molar-refractivity contribution in [2.24, 2.45) is 0 Å². The fraction of sp³-hybridized carbons (Fsp3) is 0.294. The van der Waals surface area contributed by atoms with E-state index in [4.69, 9.17) is 9.47 Å². The Morgan fingerprint density at radius 1 is 1.00 bits per heavy atom. The Labute approximate surface area is 120 Å². The molecule has 0 saturated heterocycles. The van der Waals surface area contributed by atoms with Crippen molar-refractivity contribution in [3.8, 4) is 11.5 Å². The van der Waals surface area contributed by atoms with Gasteiger partial charge in [0.2, 0.25) is 0 Å². The van der Waals surface area contributed by atoms with E-state index in [0.717, 1.165) is 23.7 Å². The molecule has 0 aromatic heterocycles. The van der Waals surface area contributed by atoms with Crippen LogP contribution in [0.4, 0.5) is 5.69 Å². The summed E-state index contributed by atoms with van der Waals surface area (Å²) in [7, 11) is 1.68. The maximum Gasteiger partial charge on any atom is 0.119 e. The second kappa shape index (κ2) is 6.85. The molecule has 0 fully saturated rings. The van der Waals surface area contributed by atoms with Gasteiger partial charge in [0.1, 0.15) is 11.5 Å². The van der Waals surface area contributed by atoms with Gasteiger partial charge in [-0.1, -0.05) is 12.1 Å². The standard InChI is InChI=1S/C17H21NO2/c1-13(2)20-16-9-7-15(8-10-16)18-12-14-5-4-6-17(11-14)19-3/h4-11,13,18H,12H2,1-3H3. The van der Waals surface area contributed by atoms with Gasteiger partial charge in [0.25, 0.3) is 0 Å². The summed E-state index contributed by atoms with van der Waals surface area (Å²) in [5.41, 5.74) is 2.26. The minimum Gasteiger partial charge on any atom is -0.497 e. The van der Waals surface area contributed by atoms with Gasteiger partial charge < -0.3 is 14.8 Å². The summed E-state index contributed by atoms with van der Waals surface area (Å²) in [6, 6.07) is 16.1. The summed E-state index contributed by atoms with van der Waals surface area (Å²) >= 11 is 0. The lowest BCUT2D eigenvalue weighted by Crippen LogP contribution is -2.05. The lowest BCUT2D eigenvalue weighted by molar-refractivity contribution is 0.242. The van der Waals surface area contributed by atoms with Crippen LogP contribution in [0.3, 0.4) is 0 Å². The summed E-state index contributed by atoms with van der Waals surface area (Å²) in [5.74, 6) is 1.77. The highest BCUT2D eigenvalue weighted by molar-refractivity contribution is 5.47. The zero-order valence-electron chi connectivity index (χ0n) is 12.2. The number of ether oxygens (including phenoxy) is 2. The molecule has 0 aliphatic rings. The van der Waals surface area contributed by atoms with Gasteiger partial charge >= 0.3 is 0 Å². The Hall–Kier alpha value is -2.16. The van der Waals surface area contributed by atoms with Gasteiger partial charge in [0, 0.05) is 12.2 Å². The van der Waals surface area contributed by atoms with Crippen LogP contribution < -0.4 is 14.8 Å². The highest BCUT2D eigenvalue weighted by Crippen LogP contribution is 2.18. The summed E-state index contributed by atoms with van der Waals surface area (Å²) in [6.45, 7) is 4.81. The predicted molar refractivity (Wildman–Crippen MR) is 82.5 cm³/mol. The molecular weight excluding hydrogens is 250 g/mol. The van der Waals surface area contributed by atoms with E-state index < -0.39 is 0 Å². The average Bonchev–Trinajstić information content (AvgIpc) is 2.46. The summed E-state index contributed by atoms with van der Waals surface area (Å²) in [4.78, 5) is 0. The molecule has 3 heteroatoms. The van der Waals surface area contributed by atoms with Gasteiger partial charge in [-0.3, -0.25) is 0 Å². The Bertz CT molecular complexity index is 535. The molecule has 2 rings (SSSR count). The maximum atomic E-state index is 5.62. The topological polar surface area (TPSA) is 30.5 Å². The van der Waals surface area contributed by atoms with Crippen molar-refractivity contribution in [1.82, 2.24) is 0 Å². The number of anilines is 1. The molecule has 0 aliphatic carbocycles. The van der Waals surface area contributed by atoms with Gasteiger partial charge in [-0.25, -0.2) is 0 Å². The summed E-state index contributed by atoms with van der Waals surface area (Å²) in [6.07, 6.45) is 0.200. The van der Waals surface area contributed by atoms with E-state index in [2.05, 4.69) is 11.4 Å². The highest BCUT2D eigenvalue weighted by atomic mass is 16.5. The van der Waals surface area contributed by atoms with Crippen molar-refractivity contribution >= 4 is 5.69 Å². The molecule has 1 N–H and O–H groups in total. The lowest BCUT2D eigenvalue weighted by atomic mass is 10.2. The van der Waals surface area contributed by atoms with Crippen LogP contribution in [0.5, 0.6) is 11.5 Å². The minimum atomic E-state index is 0.200. The Kier molecular flexibility index (Phi) is 4.88. The number of benzene rings is 2. The van der Waals surface area contributed by atoms with Crippen LogP contribution in [0.2, 0.25) is 0 Å². The molecule has 0 atom stereocenters. The van der Waals surface area contributed by atoms with Crippen molar-refractivity contribution in [3.63, 3.8) is 0 Å². The smallest absolute Gasteiger partial charge is 0.119 e. The van der Waals surface area contributed by atoms with Crippen LogP contribution in [0, 0.1) is 0 Å². The molecule has 0 aliphatic heterocycles. The SMILES string of the molecule is COc1cccc(CNc2ccc(OC(C)C)cc2)c1. The number of rotatable bonds is 6. The molecule has 0 saturated carbocycles. The lowest BCUT2D eigenvalue weighted by Gasteiger charge is -2.11. The first-order valence-electron chi connectivity index (χ1n) is 6.81. The zero-order chi connectivity index (χ0) is 14.4. The molecule has 0 spiro atoms. The van der Waals surface area contributed by atoms with Crippen LogP contribution in [0.15, 0.2) is 48.5 Å². The quantitative estimate of drug-likeness (QED) is 0.858. The number of hydrogen-bond donors (Lipinski definition) is 1. The molecular formula is C17H21NO2. The first-order chi connectivity index (χ1) is 9.67. The second-order valence-corrected chi connectivity index (χ2v) is 4.90. The Morgan fingerprint density at radius 3 is 2.40 bits per heavy atom.